The van der Waals surface area contributed by atoms with Crippen molar-refractivity contribution in [3.63, 3.8) is 0 Å². The van der Waals surface area contributed by atoms with Gasteiger partial charge in [-0.05, 0) is 63.3 Å². The lowest BCUT2D eigenvalue weighted by atomic mass is 10.1. The molecule has 0 saturated carbocycles. The Hall–Kier alpha value is -3.98. The van der Waals surface area contributed by atoms with Gasteiger partial charge in [0.05, 0.1) is 28.8 Å². The highest BCUT2D eigenvalue weighted by Gasteiger charge is 2.27. The standard InChI is InChI=1S/C29H29N3O5S/c1-3-36-29(35)25-20-7-5-4-6-8-23(20)38-27(25)32-24(33)16-37-28(34)19-13-14-21-22(15-19)31-26(30-21)18-11-9-17(2)10-12-18/h9-15H,3-8,16H2,1-2H3,(H,30,31)(H,32,33). The smallest absolute Gasteiger partial charge is 0.341 e. The minimum absolute atomic E-state index is 0.252. The highest BCUT2D eigenvalue weighted by Crippen LogP contribution is 2.38. The summed E-state index contributed by atoms with van der Waals surface area (Å²) in [7, 11) is 0. The van der Waals surface area contributed by atoms with E-state index in [4.69, 9.17) is 9.47 Å². The van der Waals surface area contributed by atoms with Crippen LogP contribution in [0.5, 0.6) is 0 Å². The van der Waals surface area contributed by atoms with Gasteiger partial charge in [-0.3, -0.25) is 4.79 Å². The number of esters is 2. The normalized spacial score (nSPS) is 13.0. The second-order valence-electron chi connectivity index (χ2n) is 9.30. The van der Waals surface area contributed by atoms with Crippen LogP contribution in [-0.2, 0) is 27.1 Å². The molecule has 9 heteroatoms. The van der Waals surface area contributed by atoms with Crippen molar-refractivity contribution < 1.29 is 23.9 Å². The summed E-state index contributed by atoms with van der Waals surface area (Å²) in [6.45, 7) is 3.56. The van der Waals surface area contributed by atoms with Crippen LogP contribution in [0.4, 0.5) is 5.00 Å². The number of imidazole rings is 1. The predicted molar refractivity (Wildman–Crippen MR) is 147 cm³/mol. The summed E-state index contributed by atoms with van der Waals surface area (Å²) in [5.41, 5.74) is 5.22. The second kappa shape index (κ2) is 11.2. The summed E-state index contributed by atoms with van der Waals surface area (Å²) < 4.78 is 10.6. The van der Waals surface area contributed by atoms with E-state index in [0.717, 1.165) is 59.2 Å². The Morgan fingerprint density at radius 2 is 1.79 bits per heavy atom. The number of anilines is 1. The number of nitrogens with zero attached hydrogens (tertiary/aromatic N) is 1. The van der Waals surface area contributed by atoms with Crippen molar-refractivity contribution in [2.45, 2.75) is 46.0 Å². The predicted octanol–water partition coefficient (Wildman–Crippen LogP) is 5.84. The molecule has 0 bridgehead atoms. The SMILES string of the molecule is CCOC(=O)c1c(NC(=O)COC(=O)c2ccc3nc(-c4ccc(C)cc4)[nH]c3c2)sc2c1CCCCC2. The molecule has 5 rings (SSSR count). The monoisotopic (exact) mass is 531 g/mol. The third-order valence-corrected chi connectivity index (χ3v) is 7.74. The molecule has 0 unspecified atom stereocenters. The van der Waals surface area contributed by atoms with Gasteiger partial charge in [-0.25, -0.2) is 14.6 Å². The van der Waals surface area contributed by atoms with Crippen molar-refractivity contribution in [1.29, 1.82) is 0 Å². The van der Waals surface area contributed by atoms with E-state index in [1.807, 2.05) is 31.2 Å². The molecule has 2 aromatic carbocycles. The van der Waals surface area contributed by atoms with E-state index >= 15 is 0 Å². The third kappa shape index (κ3) is 5.47. The quantitative estimate of drug-likeness (QED) is 0.229. The highest BCUT2D eigenvalue weighted by atomic mass is 32.1. The van der Waals surface area contributed by atoms with Crippen LogP contribution in [0.25, 0.3) is 22.4 Å². The third-order valence-electron chi connectivity index (χ3n) is 6.53. The maximum atomic E-state index is 12.7. The number of fused-ring (bicyclic) bond motifs is 2. The number of H-pyrrole nitrogens is 1. The van der Waals surface area contributed by atoms with Gasteiger partial charge in [-0.1, -0.05) is 36.2 Å². The average molecular weight is 532 g/mol. The molecule has 2 aromatic heterocycles. The minimum Gasteiger partial charge on any atom is -0.462 e. The van der Waals surface area contributed by atoms with E-state index < -0.39 is 24.5 Å². The van der Waals surface area contributed by atoms with Gasteiger partial charge in [-0.15, -0.1) is 11.3 Å². The number of hydrogen-bond acceptors (Lipinski definition) is 7. The molecule has 38 heavy (non-hydrogen) atoms. The number of nitrogens with one attached hydrogen (secondary N) is 2. The molecule has 1 aliphatic carbocycles. The molecule has 0 fully saturated rings. The van der Waals surface area contributed by atoms with Crippen LogP contribution < -0.4 is 5.32 Å². The number of aromatic amines is 1. The van der Waals surface area contributed by atoms with Gasteiger partial charge in [0.2, 0.25) is 0 Å². The molecule has 0 spiro atoms. The number of ether oxygens (including phenoxy) is 2. The Balaban J connectivity index is 1.26. The lowest BCUT2D eigenvalue weighted by Gasteiger charge is -2.09. The first-order valence-electron chi connectivity index (χ1n) is 12.8. The Bertz CT molecular complexity index is 1500. The number of aromatic nitrogens is 2. The van der Waals surface area contributed by atoms with E-state index in [1.54, 1.807) is 25.1 Å². The van der Waals surface area contributed by atoms with Crippen molar-refractivity contribution in [3.05, 3.63) is 69.6 Å². The summed E-state index contributed by atoms with van der Waals surface area (Å²) in [6, 6.07) is 13.0. The van der Waals surface area contributed by atoms with Gasteiger partial charge in [0.25, 0.3) is 5.91 Å². The molecule has 0 atom stereocenters. The average Bonchev–Trinajstić information content (AvgIpc) is 3.40. The van der Waals surface area contributed by atoms with Crippen LogP contribution >= 0.6 is 11.3 Å². The first-order chi connectivity index (χ1) is 18.4. The number of carbonyl (C=O) groups excluding carboxylic acids is 3. The van der Waals surface area contributed by atoms with Gasteiger partial charge in [0.15, 0.2) is 6.61 Å². The van der Waals surface area contributed by atoms with Gasteiger partial charge >= 0.3 is 11.9 Å². The van der Waals surface area contributed by atoms with E-state index in [2.05, 4.69) is 15.3 Å². The molecule has 4 aromatic rings. The summed E-state index contributed by atoms with van der Waals surface area (Å²) in [4.78, 5) is 47.1. The molecular formula is C29H29N3O5S. The van der Waals surface area contributed by atoms with E-state index in [1.165, 1.54) is 11.3 Å². The molecule has 0 saturated heterocycles. The zero-order valence-corrected chi connectivity index (χ0v) is 22.2. The van der Waals surface area contributed by atoms with Crippen molar-refractivity contribution in [3.8, 4) is 11.4 Å². The fraction of sp³-hybridized carbons (Fsp3) is 0.310. The van der Waals surface area contributed by atoms with Crippen LogP contribution in [0.2, 0.25) is 0 Å². The van der Waals surface area contributed by atoms with E-state index in [0.29, 0.717) is 27.5 Å². The number of aryl methyl sites for hydroxylation is 2. The summed E-state index contributed by atoms with van der Waals surface area (Å²) >= 11 is 1.41. The van der Waals surface area contributed by atoms with E-state index in [9.17, 15) is 14.4 Å². The second-order valence-corrected chi connectivity index (χ2v) is 10.4. The van der Waals surface area contributed by atoms with Crippen LogP contribution in [0, 0.1) is 6.92 Å². The maximum absolute atomic E-state index is 12.7. The fourth-order valence-corrected chi connectivity index (χ4v) is 5.91. The Morgan fingerprint density at radius 3 is 2.58 bits per heavy atom. The highest BCUT2D eigenvalue weighted by molar-refractivity contribution is 7.17. The molecule has 196 valence electrons. The Labute approximate surface area is 224 Å². The van der Waals surface area contributed by atoms with Crippen molar-refractivity contribution in [2.24, 2.45) is 0 Å². The molecule has 0 radical (unpaired) electrons. The summed E-state index contributed by atoms with van der Waals surface area (Å²) in [5, 5.41) is 3.23. The molecule has 1 amide bonds. The van der Waals surface area contributed by atoms with E-state index in [-0.39, 0.29) is 6.61 Å². The molecule has 2 N–H and O–H groups in total. The zero-order chi connectivity index (χ0) is 26.6. The van der Waals surface area contributed by atoms with Crippen molar-refractivity contribution >= 4 is 45.2 Å². The van der Waals surface area contributed by atoms with Gasteiger partial charge in [0, 0.05) is 10.4 Å². The molecule has 1 aliphatic rings. The van der Waals surface area contributed by atoms with Crippen LogP contribution in [0.3, 0.4) is 0 Å². The number of benzene rings is 2. The topological polar surface area (TPSA) is 110 Å². The summed E-state index contributed by atoms with van der Waals surface area (Å²) in [5.74, 6) is -0.862. The lowest BCUT2D eigenvalue weighted by molar-refractivity contribution is -0.119. The zero-order valence-electron chi connectivity index (χ0n) is 21.4. The van der Waals surface area contributed by atoms with Crippen LogP contribution in [0.1, 0.15) is 62.9 Å². The number of thiophene rings is 1. The molecule has 0 aliphatic heterocycles. The largest absolute Gasteiger partial charge is 0.462 e. The van der Waals surface area contributed by atoms with Crippen molar-refractivity contribution in [2.75, 3.05) is 18.5 Å². The summed E-state index contributed by atoms with van der Waals surface area (Å²) in [6.07, 6.45) is 4.81. The Morgan fingerprint density at radius 1 is 1.00 bits per heavy atom. The Kier molecular flexibility index (Phi) is 7.55. The number of hydrogen-bond donors (Lipinski definition) is 2. The maximum Gasteiger partial charge on any atom is 0.341 e. The van der Waals surface area contributed by atoms with Crippen molar-refractivity contribution in [1.82, 2.24) is 9.97 Å². The molecular weight excluding hydrogens is 502 g/mol. The first-order valence-corrected chi connectivity index (χ1v) is 13.6. The lowest BCUT2D eigenvalue weighted by Crippen LogP contribution is -2.22. The van der Waals surface area contributed by atoms with Crippen LogP contribution in [-0.4, -0.2) is 41.0 Å². The van der Waals surface area contributed by atoms with Crippen LogP contribution in [0.15, 0.2) is 42.5 Å². The minimum atomic E-state index is -0.624. The number of rotatable bonds is 7. The number of amides is 1. The van der Waals surface area contributed by atoms with Gasteiger partial charge in [0.1, 0.15) is 10.8 Å². The fourth-order valence-electron chi connectivity index (χ4n) is 4.61. The number of carbonyl (C=O) groups is 3. The van der Waals surface area contributed by atoms with Gasteiger partial charge < -0.3 is 19.8 Å². The molecule has 8 nitrogen and oxygen atoms in total. The van der Waals surface area contributed by atoms with Gasteiger partial charge in [-0.2, -0.15) is 0 Å². The first kappa shape index (κ1) is 25.7. The molecule has 2 heterocycles.